The first-order chi connectivity index (χ1) is 9.65. The summed E-state index contributed by atoms with van der Waals surface area (Å²) < 4.78 is 27.0. The van der Waals surface area contributed by atoms with Gasteiger partial charge in [-0.25, -0.2) is 18.1 Å². The molecule has 106 valence electrons. The van der Waals surface area contributed by atoms with E-state index in [-0.39, 0.29) is 0 Å². The van der Waals surface area contributed by atoms with Crippen LogP contribution in [0, 0.1) is 0 Å². The highest BCUT2D eigenvalue weighted by Gasteiger charge is 2.17. The molecular weight excluding hydrogens is 294 g/mol. The smallest absolute Gasteiger partial charge is 0.240 e. The fourth-order valence-electron chi connectivity index (χ4n) is 2.20. The van der Waals surface area contributed by atoms with E-state index < -0.39 is 10.0 Å². The van der Waals surface area contributed by atoms with E-state index in [9.17, 15) is 8.42 Å². The van der Waals surface area contributed by atoms with Gasteiger partial charge in [0, 0.05) is 31.4 Å². The molecule has 2 N–H and O–H groups in total. The van der Waals surface area contributed by atoms with E-state index in [4.69, 9.17) is 0 Å². The summed E-state index contributed by atoms with van der Waals surface area (Å²) in [6.07, 6.45) is 0.606. The molecule has 1 aliphatic heterocycles. The van der Waals surface area contributed by atoms with Crippen LogP contribution in [0.2, 0.25) is 0 Å². The van der Waals surface area contributed by atoms with E-state index >= 15 is 0 Å². The molecule has 0 saturated heterocycles. The lowest BCUT2D eigenvalue weighted by atomic mass is 10.1. The van der Waals surface area contributed by atoms with Crippen LogP contribution in [0.15, 0.2) is 34.0 Å². The molecule has 1 aromatic carbocycles. The summed E-state index contributed by atoms with van der Waals surface area (Å²) >= 11 is 1.51. The topological polar surface area (TPSA) is 71.1 Å². The first kappa shape index (κ1) is 13.7. The second kappa shape index (κ2) is 5.61. The standard InChI is InChI=1S/C13H15N3O2S2/c17-20(18,16-4-3-12-8-19-9-15-12)13-2-1-10-6-14-7-11(10)5-13/h1-2,5,8-9,14,16H,3-4,6-7H2. The lowest BCUT2D eigenvalue weighted by Gasteiger charge is -2.07. The molecule has 0 amide bonds. The number of nitrogens with zero attached hydrogens (tertiary/aromatic N) is 1. The number of fused-ring (bicyclic) bond motifs is 1. The van der Waals surface area contributed by atoms with Gasteiger partial charge in [-0.3, -0.25) is 0 Å². The van der Waals surface area contributed by atoms with E-state index in [0.29, 0.717) is 17.9 Å². The summed E-state index contributed by atoms with van der Waals surface area (Å²) in [7, 11) is -3.44. The fourth-order valence-corrected chi connectivity index (χ4v) is 3.87. The highest BCUT2D eigenvalue weighted by Crippen LogP contribution is 2.19. The van der Waals surface area contributed by atoms with Gasteiger partial charge in [-0.05, 0) is 23.3 Å². The summed E-state index contributed by atoms with van der Waals surface area (Å²) in [5.41, 5.74) is 4.90. The summed E-state index contributed by atoms with van der Waals surface area (Å²) in [5, 5.41) is 5.13. The van der Waals surface area contributed by atoms with Crippen LogP contribution in [0.4, 0.5) is 0 Å². The first-order valence-corrected chi connectivity index (χ1v) is 8.77. The maximum atomic E-state index is 12.2. The van der Waals surface area contributed by atoms with Gasteiger partial charge in [0.15, 0.2) is 0 Å². The molecule has 0 aliphatic carbocycles. The van der Waals surface area contributed by atoms with Crippen LogP contribution in [0.1, 0.15) is 16.8 Å². The third kappa shape index (κ3) is 2.90. The van der Waals surface area contributed by atoms with E-state index in [1.54, 1.807) is 17.6 Å². The Morgan fingerprint density at radius 1 is 1.30 bits per heavy atom. The van der Waals surface area contributed by atoms with E-state index in [0.717, 1.165) is 24.3 Å². The molecule has 2 aromatic rings. The van der Waals surface area contributed by atoms with Crippen molar-refractivity contribution in [3.8, 4) is 0 Å². The fraction of sp³-hybridized carbons (Fsp3) is 0.308. The molecule has 20 heavy (non-hydrogen) atoms. The van der Waals surface area contributed by atoms with Crippen molar-refractivity contribution in [3.63, 3.8) is 0 Å². The monoisotopic (exact) mass is 309 g/mol. The van der Waals surface area contributed by atoms with Crippen molar-refractivity contribution in [2.75, 3.05) is 6.54 Å². The molecule has 5 nitrogen and oxygen atoms in total. The minimum atomic E-state index is -3.44. The van der Waals surface area contributed by atoms with E-state index in [1.165, 1.54) is 16.9 Å². The Hall–Kier alpha value is -1.28. The highest BCUT2D eigenvalue weighted by atomic mass is 32.2. The Morgan fingerprint density at radius 2 is 2.15 bits per heavy atom. The van der Waals surface area contributed by atoms with Crippen LogP contribution in [-0.2, 0) is 29.5 Å². The Bertz CT molecular complexity index is 696. The van der Waals surface area contributed by atoms with Crippen LogP contribution in [-0.4, -0.2) is 19.9 Å². The van der Waals surface area contributed by atoms with Gasteiger partial charge in [0.05, 0.1) is 16.1 Å². The van der Waals surface area contributed by atoms with Gasteiger partial charge < -0.3 is 5.32 Å². The van der Waals surface area contributed by atoms with Gasteiger partial charge >= 0.3 is 0 Å². The van der Waals surface area contributed by atoms with Gasteiger partial charge in [-0.1, -0.05) is 6.07 Å². The molecule has 0 spiro atoms. The average molecular weight is 309 g/mol. The van der Waals surface area contributed by atoms with E-state index in [1.807, 2.05) is 11.4 Å². The van der Waals surface area contributed by atoms with Gasteiger partial charge in [-0.15, -0.1) is 11.3 Å². The molecule has 0 atom stereocenters. The summed E-state index contributed by atoms with van der Waals surface area (Å²) in [6.45, 7) is 1.91. The maximum Gasteiger partial charge on any atom is 0.240 e. The number of aromatic nitrogens is 1. The van der Waals surface area contributed by atoms with Crippen molar-refractivity contribution >= 4 is 21.4 Å². The minimum Gasteiger partial charge on any atom is -0.309 e. The second-order valence-corrected chi connectivity index (χ2v) is 7.15. The second-order valence-electron chi connectivity index (χ2n) is 4.66. The van der Waals surface area contributed by atoms with Crippen molar-refractivity contribution in [1.82, 2.24) is 15.0 Å². The van der Waals surface area contributed by atoms with Crippen LogP contribution in [0.3, 0.4) is 0 Å². The Kier molecular flexibility index (Phi) is 3.84. The predicted octanol–water partition coefficient (Wildman–Crippen LogP) is 1.27. The van der Waals surface area contributed by atoms with Crippen LogP contribution in [0.25, 0.3) is 0 Å². The number of sulfonamides is 1. The zero-order valence-electron chi connectivity index (χ0n) is 10.8. The molecule has 2 heterocycles. The molecule has 3 rings (SSSR count). The zero-order valence-corrected chi connectivity index (χ0v) is 12.4. The maximum absolute atomic E-state index is 12.2. The largest absolute Gasteiger partial charge is 0.309 e. The van der Waals surface area contributed by atoms with Crippen molar-refractivity contribution in [1.29, 1.82) is 0 Å². The third-order valence-corrected chi connectivity index (χ3v) is 5.37. The molecular formula is C13H15N3O2S2. The Balaban J connectivity index is 1.68. The van der Waals surface area contributed by atoms with Crippen molar-refractivity contribution in [3.05, 3.63) is 45.9 Å². The number of hydrogen-bond acceptors (Lipinski definition) is 5. The van der Waals surface area contributed by atoms with E-state index in [2.05, 4.69) is 15.0 Å². The minimum absolute atomic E-state index is 0.332. The normalized spacial score (nSPS) is 14.4. The lowest BCUT2D eigenvalue weighted by molar-refractivity contribution is 0.581. The number of benzene rings is 1. The van der Waals surface area contributed by atoms with Gasteiger partial charge in [0.25, 0.3) is 0 Å². The van der Waals surface area contributed by atoms with Crippen molar-refractivity contribution < 1.29 is 8.42 Å². The summed E-state index contributed by atoms with van der Waals surface area (Å²) in [4.78, 5) is 4.46. The zero-order chi connectivity index (χ0) is 14.0. The molecule has 0 bridgehead atoms. The Morgan fingerprint density at radius 3 is 2.95 bits per heavy atom. The number of hydrogen-bond donors (Lipinski definition) is 2. The molecule has 0 fully saturated rings. The van der Waals surface area contributed by atoms with Gasteiger partial charge in [0.1, 0.15) is 0 Å². The third-order valence-electron chi connectivity index (χ3n) is 3.28. The summed E-state index contributed by atoms with van der Waals surface area (Å²) in [6, 6.07) is 5.29. The number of thiazole rings is 1. The molecule has 1 aliphatic rings. The lowest BCUT2D eigenvalue weighted by Crippen LogP contribution is -2.26. The van der Waals surface area contributed by atoms with Gasteiger partial charge in [-0.2, -0.15) is 0 Å². The Labute approximate surface area is 122 Å². The molecule has 1 aromatic heterocycles. The molecule has 0 unspecified atom stereocenters. The number of rotatable bonds is 5. The van der Waals surface area contributed by atoms with Crippen LogP contribution >= 0.6 is 11.3 Å². The molecule has 7 heteroatoms. The van der Waals surface area contributed by atoms with Crippen LogP contribution < -0.4 is 10.0 Å². The number of nitrogens with one attached hydrogen (secondary N) is 2. The van der Waals surface area contributed by atoms with Crippen molar-refractivity contribution in [2.45, 2.75) is 24.4 Å². The first-order valence-electron chi connectivity index (χ1n) is 6.34. The van der Waals surface area contributed by atoms with Crippen molar-refractivity contribution in [2.24, 2.45) is 0 Å². The highest BCUT2D eigenvalue weighted by molar-refractivity contribution is 7.89. The molecule has 0 radical (unpaired) electrons. The summed E-state index contributed by atoms with van der Waals surface area (Å²) in [5.74, 6) is 0. The van der Waals surface area contributed by atoms with Gasteiger partial charge in [0.2, 0.25) is 10.0 Å². The van der Waals surface area contributed by atoms with Crippen LogP contribution in [0.5, 0.6) is 0 Å². The SMILES string of the molecule is O=S(=O)(NCCc1cscn1)c1ccc2c(c1)CNC2. The average Bonchev–Trinajstić information content (AvgIpc) is 3.08. The predicted molar refractivity (Wildman–Crippen MR) is 78.0 cm³/mol. The quantitative estimate of drug-likeness (QED) is 0.872. The molecule has 0 saturated carbocycles.